The van der Waals surface area contributed by atoms with E-state index in [1.807, 2.05) is 64.1 Å². The van der Waals surface area contributed by atoms with Gasteiger partial charge in [-0.2, -0.15) is 20.5 Å². The van der Waals surface area contributed by atoms with Gasteiger partial charge >= 0.3 is 0 Å². The first-order valence-corrected chi connectivity index (χ1v) is 24.3. The summed E-state index contributed by atoms with van der Waals surface area (Å²) in [7, 11) is -7.03. The minimum atomic E-state index is -3.72. The van der Waals surface area contributed by atoms with Gasteiger partial charge in [-0.1, -0.05) is 46.7 Å². The Hall–Kier alpha value is -6.77. The van der Waals surface area contributed by atoms with Crippen LogP contribution in [-0.4, -0.2) is 67.1 Å². The lowest BCUT2D eigenvalue weighted by molar-refractivity contribution is -0.114. The zero-order valence-corrected chi connectivity index (χ0v) is 38.1. The highest BCUT2D eigenvalue weighted by atomic mass is 32.2. The lowest BCUT2D eigenvalue weighted by atomic mass is 10.0. The predicted octanol–water partition coefficient (Wildman–Crippen LogP) is 7.16. The molecular weight excluding hydrogens is 873 g/mol. The Morgan fingerprint density at radius 2 is 1.17 bits per heavy atom. The number of benzene rings is 4. The molecule has 4 aromatic carbocycles. The SMILES string of the molecule is CC(=O)CS(=O)(=O)N[C@@H]1CCc2c(-c3noc(-c4ccc(OC(C)C)c(C#N)c4)n3)cccc21.CC(C)Oc1ccc(-c2nc(-c3cccc4c3CC[C@@H]4NS(C)(=O)=O)no2)cc1C#N. The summed E-state index contributed by atoms with van der Waals surface area (Å²) in [4.78, 5) is 20.3. The molecule has 2 heterocycles. The number of hydrogen-bond donors (Lipinski definition) is 2. The van der Waals surface area contributed by atoms with Gasteiger partial charge in [0.2, 0.25) is 31.7 Å². The van der Waals surface area contributed by atoms with Crippen LogP contribution in [0.25, 0.3) is 45.7 Å². The highest BCUT2D eigenvalue weighted by Crippen LogP contribution is 2.40. The topological polar surface area (TPSA) is 253 Å². The van der Waals surface area contributed by atoms with Crippen molar-refractivity contribution in [2.45, 2.75) is 84.6 Å². The summed E-state index contributed by atoms with van der Waals surface area (Å²) in [5.41, 5.74) is 7.23. The molecule has 19 heteroatoms. The number of ether oxygens (including phenoxy) is 2. The molecule has 8 rings (SSSR count). The summed E-state index contributed by atoms with van der Waals surface area (Å²) in [6.07, 6.45) is 3.63. The van der Waals surface area contributed by atoms with Crippen molar-refractivity contribution < 1.29 is 40.2 Å². The maximum atomic E-state index is 12.3. The minimum absolute atomic E-state index is 0.0471. The van der Waals surface area contributed by atoms with Crippen LogP contribution in [0, 0.1) is 22.7 Å². The first-order valence-electron chi connectivity index (χ1n) is 20.7. The zero-order valence-electron chi connectivity index (χ0n) is 36.4. The van der Waals surface area contributed by atoms with Crippen molar-refractivity contribution in [3.63, 3.8) is 0 Å². The Labute approximate surface area is 376 Å². The van der Waals surface area contributed by atoms with Gasteiger partial charge in [-0.3, -0.25) is 4.79 Å². The van der Waals surface area contributed by atoms with Gasteiger partial charge in [0.1, 0.15) is 35.2 Å². The third kappa shape index (κ3) is 11.0. The largest absolute Gasteiger partial charge is 0.490 e. The third-order valence-corrected chi connectivity index (χ3v) is 12.5. The van der Waals surface area contributed by atoms with Crippen LogP contribution in [0.3, 0.4) is 0 Å². The van der Waals surface area contributed by atoms with Crippen molar-refractivity contribution in [2.24, 2.45) is 0 Å². The smallest absolute Gasteiger partial charge is 0.258 e. The van der Waals surface area contributed by atoms with E-state index < -0.39 is 37.6 Å². The fraction of sp³-hybridized carbons (Fsp3) is 0.326. The number of nitrogens with zero attached hydrogens (tertiary/aromatic N) is 6. The Morgan fingerprint density at radius 3 is 1.57 bits per heavy atom. The van der Waals surface area contributed by atoms with E-state index in [2.05, 4.69) is 41.9 Å². The average molecular weight is 919 g/mol. The fourth-order valence-corrected chi connectivity index (χ4v) is 9.93. The molecular formula is C46H46N8O9S2. The summed E-state index contributed by atoms with van der Waals surface area (Å²) in [6.45, 7) is 8.81. The standard InChI is InChI=1S/C24H24N4O5S.C22H22N4O4S/c1-14(2)32-22-10-7-16(11-17(22)12-25)24-26-23(27-33-24)20-6-4-5-19-18(20)8-9-21(19)28-34(30,31)13-15(3)29;1-13(2)29-20-10-7-14(11-15(20)12-23)22-24-21(25-30-22)18-6-4-5-17-16(18)8-9-19(17)26-31(3,27)28/h4-7,10-11,14,21,28H,8-9,13H2,1-3H3;4-7,10-11,13,19,26H,8-9H2,1-3H3/t21-;19-/m10/s1. The number of carbonyl (C=O) groups excluding carboxylic acids is 1. The molecule has 2 aliphatic carbocycles. The number of Topliss-reactive ketones (excluding diaryl/α,β-unsaturated/α-hetero) is 1. The summed E-state index contributed by atoms with van der Waals surface area (Å²) in [5, 5.41) is 27.2. The molecule has 0 saturated carbocycles. The highest BCUT2D eigenvalue weighted by molar-refractivity contribution is 7.90. The van der Waals surface area contributed by atoms with Gasteiger partial charge in [0, 0.05) is 34.3 Å². The molecule has 336 valence electrons. The monoisotopic (exact) mass is 918 g/mol. The van der Waals surface area contributed by atoms with Crippen molar-refractivity contribution in [3.8, 4) is 69.3 Å². The van der Waals surface area contributed by atoms with E-state index >= 15 is 0 Å². The molecule has 17 nitrogen and oxygen atoms in total. The highest BCUT2D eigenvalue weighted by Gasteiger charge is 2.31. The van der Waals surface area contributed by atoms with E-state index in [0.717, 1.165) is 39.6 Å². The summed E-state index contributed by atoms with van der Waals surface area (Å²) >= 11 is 0. The van der Waals surface area contributed by atoms with Crippen LogP contribution >= 0.6 is 0 Å². The molecule has 6 aromatic rings. The first-order chi connectivity index (χ1) is 30.9. The van der Waals surface area contributed by atoms with E-state index in [-0.39, 0.29) is 24.1 Å². The molecule has 2 aromatic heterocycles. The molecule has 0 saturated heterocycles. The lowest BCUT2D eigenvalue weighted by Gasteiger charge is -2.14. The first kappa shape index (κ1) is 46.2. The second-order valence-corrected chi connectivity index (χ2v) is 19.8. The second-order valence-electron chi connectivity index (χ2n) is 16.2. The van der Waals surface area contributed by atoms with Gasteiger partial charge in [-0.05, 0) is 119 Å². The normalized spacial score (nSPS) is 15.4. The van der Waals surface area contributed by atoms with Crippen LogP contribution in [0.2, 0.25) is 0 Å². The number of rotatable bonds is 14. The Balaban J connectivity index is 0.000000195. The molecule has 2 atom stereocenters. The zero-order chi connectivity index (χ0) is 46.6. The van der Waals surface area contributed by atoms with E-state index in [1.54, 1.807) is 36.4 Å². The number of ketones is 1. The van der Waals surface area contributed by atoms with Crippen LogP contribution in [-0.2, 0) is 37.7 Å². The second kappa shape index (κ2) is 19.1. The van der Waals surface area contributed by atoms with Gasteiger partial charge in [0.15, 0.2) is 0 Å². The summed E-state index contributed by atoms with van der Waals surface area (Å²) in [6, 6.07) is 25.1. The molecule has 0 amide bonds. The van der Waals surface area contributed by atoms with Gasteiger partial charge in [-0.25, -0.2) is 26.3 Å². The molecule has 0 radical (unpaired) electrons. The average Bonchev–Trinajstić information content (AvgIpc) is 4.08. The van der Waals surface area contributed by atoms with Crippen LogP contribution < -0.4 is 18.9 Å². The van der Waals surface area contributed by atoms with E-state index in [0.29, 0.717) is 77.0 Å². The Morgan fingerprint density at radius 1 is 0.723 bits per heavy atom. The molecule has 0 unspecified atom stereocenters. The molecule has 0 aliphatic heterocycles. The van der Waals surface area contributed by atoms with Crippen molar-refractivity contribution in [2.75, 3.05) is 12.0 Å². The van der Waals surface area contributed by atoms with Gasteiger partial charge < -0.3 is 18.5 Å². The van der Waals surface area contributed by atoms with Crippen LogP contribution in [0.5, 0.6) is 11.5 Å². The van der Waals surface area contributed by atoms with Crippen molar-refractivity contribution in [1.82, 2.24) is 29.7 Å². The summed E-state index contributed by atoms with van der Waals surface area (Å²) in [5.74, 6) is 1.39. The molecule has 2 aliphatic rings. The number of nitriles is 2. The van der Waals surface area contributed by atoms with Crippen LogP contribution in [0.1, 0.15) is 92.9 Å². The number of nitrogens with one attached hydrogen (secondary N) is 2. The van der Waals surface area contributed by atoms with Crippen LogP contribution in [0.4, 0.5) is 0 Å². The molecule has 0 fully saturated rings. The Kier molecular flexibility index (Phi) is 13.6. The Bertz CT molecular complexity index is 3080. The maximum Gasteiger partial charge on any atom is 0.258 e. The van der Waals surface area contributed by atoms with Gasteiger partial charge in [0.05, 0.1) is 29.6 Å². The molecule has 0 spiro atoms. The fourth-order valence-electron chi connectivity index (χ4n) is 7.87. The summed E-state index contributed by atoms with van der Waals surface area (Å²) < 4.78 is 75.4. The van der Waals surface area contributed by atoms with Gasteiger partial charge in [-0.15, -0.1) is 0 Å². The molecule has 65 heavy (non-hydrogen) atoms. The molecule has 2 N–H and O–H groups in total. The van der Waals surface area contributed by atoms with Crippen molar-refractivity contribution >= 4 is 25.8 Å². The van der Waals surface area contributed by atoms with E-state index in [4.69, 9.17) is 18.5 Å². The maximum absolute atomic E-state index is 12.3. The number of carbonyl (C=O) groups is 1. The van der Waals surface area contributed by atoms with Crippen molar-refractivity contribution in [3.05, 3.63) is 106 Å². The lowest BCUT2D eigenvalue weighted by Crippen LogP contribution is -2.31. The number of sulfonamides is 2. The number of aromatic nitrogens is 4. The third-order valence-electron chi connectivity index (χ3n) is 10.4. The van der Waals surface area contributed by atoms with Gasteiger partial charge in [0.25, 0.3) is 11.8 Å². The quantitative estimate of drug-likeness (QED) is 0.110. The van der Waals surface area contributed by atoms with Crippen LogP contribution in [0.15, 0.2) is 81.8 Å². The van der Waals surface area contributed by atoms with Crippen molar-refractivity contribution in [1.29, 1.82) is 10.5 Å². The molecule has 0 bridgehead atoms. The minimum Gasteiger partial charge on any atom is -0.490 e. The number of hydrogen-bond acceptors (Lipinski definition) is 15. The van der Waals surface area contributed by atoms with E-state index in [1.165, 1.54) is 6.92 Å². The predicted molar refractivity (Wildman–Crippen MR) is 239 cm³/mol. The van der Waals surface area contributed by atoms with E-state index in [9.17, 15) is 32.2 Å². The number of fused-ring (bicyclic) bond motifs is 2.